The fourth-order valence-corrected chi connectivity index (χ4v) is 6.82. The minimum atomic E-state index is -1.06. The zero-order valence-electron chi connectivity index (χ0n) is 28.7. The van der Waals surface area contributed by atoms with Crippen LogP contribution in [0.4, 0.5) is 4.79 Å². The van der Waals surface area contributed by atoms with Gasteiger partial charge in [-0.15, -0.1) is 13.2 Å². The van der Waals surface area contributed by atoms with Gasteiger partial charge in [0.1, 0.15) is 12.1 Å². The van der Waals surface area contributed by atoms with Gasteiger partial charge in [-0.3, -0.25) is 19.2 Å². The summed E-state index contributed by atoms with van der Waals surface area (Å²) in [5, 5.41) is 11.3. The lowest BCUT2D eigenvalue weighted by atomic mass is 9.82. The van der Waals surface area contributed by atoms with Crippen LogP contribution in [0.5, 0.6) is 0 Å². The van der Waals surface area contributed by atoms with E-state index in [0.29, 0.717) is 19.4 Å². The average Bonchev–Trinajstić information content (AvgIpc) is 3.19. The standard InChI is InChI=1S/C34H57N5O5/c1-13-15-17-22(25(40)28(42)35-18-16-14-2)36-27(41)24-23-21(34(23,11)12)19-39(24)29(43)26(32(6,7)8)37-30(44)38-33(9,10)20-31(3,4)5/h13-14,21-24,26H,1-2,15-20H2,3-12H3,(H,35,42)(H,36,41)(H2,37,38,44)/t21-,22-,23-,24-,26+/m0/s1. The maximum absolute atomic E-state index is 14.2. The Morgan fingerprint density at radius 3 is 2.05 bits per heavy atom. The lowest BCUT2D eigenvalue weighted by Gasteiger charge is -2.39. The number of hydrogen-bond donors (Lipinski definition) is 4. The number of hydrogen-bond acceptors (Lipinski definition) is 5. The summed E-state index contributed by atoms with van der Waals surface area (Å²) >= 11 is 0. The van der Waals surface area contributed by atoms with Gasteiger partial charge in [-0.05, 0) is 67.6 Å². The third-order valence-corrected chi connectivity index (χ3v) is 8.72. The molecule has 1 aliphatic heterocycles. The molecule has 5 amide bonds. The Morgan fingerprint density at radius 1 is 0.932 bits per heavy atom. The summed E-state index contributed by atoms with van der Waals surface area (Å²) in [7, 11) is 0. The van der Waals surface area contributed by atoms with Crippen LogP contribution in [0.2, 0.25) is 0 Å². The third-order valence-electron chi connectivity index (χ3n) is 8.72. The van der Waals surface area contributed by atoms with E-state index >= 15 is 0 Å². The first-order valence-electron chi connectivity index (χ1n) is 15.8. The molecule has 4 N–H and O–H groups in total. The number of rotatable bonds is 14. The molecule has 2 rings (SSSR count). The van der Waals surface area contributed by atoms with Crippen LogP contribution >= 0.6 is 0 Å². The number of carbonyl (C=O) groups is 5. The van der Waals surface area contributed by atoms with E-state index < -0.39 is 52.7 Å². The molecule has 1 saturated heterocycles. The van der Waals surface area contributed by atoms with Crippen molar-refractivity contribution in [2.45, 2.75) is 119 Å². The summed E-state index contributed by atoms with van der Waals surface area (Å²) in [5.74, 6) is -2.34. The smallest absolute Gasteiger partial charge is 0.315 e. The van der Waals surface area contributed by atoms with Crippen LogP contribution in [0.1, 0.15) is 94.9 Å². The van der Waals surface area contributed by atoms with E-state index in [2.05, 4.69) is 69.0 Å². The molecule has 2 fully saturated rings. The van der Waals surface area contributed by atoms with Crippen LogP contribution in [0, 0.1) is 28.1 Å². The first-order chi connectivity index (χ1) is 20.1. The molecule has 0 radical (unpaired) electrons. The topological polar surface area (TPSA) is 137 Å². The van der Waals surface area contributed by atoms with Crippen LogP contribution in [0.15, 0.2) is 25.3 Å². The highest BCUT2D eigenvalue weighted by Gasteiger charge is 2.70. The van der Waals surface area contributed by atoms with Crippen LogP contribution in [-0.2, 0) is 19.2 Å². The van der Waals surface area contributed by atoms with Crippen molar-refractivity contribution >= 4 is 29.5 Å². The average molecular weight is 616 g/mol. The molecule has 10 heteroatoms. The minimum absolute atomic E-state index is 0.0167. The van der Waals surface area contributed by atoms with Gasteiger partial charge >= 0.3 is 6.03 Å². The molecular weight excluding hydrogens is 558 g/mol. The number of nitrogens with one attached hydrogen (secondary N) is 4. The van der Waals surface area contributed by atoms with Crippen molar-refractivity contribution in [3.05, 3.63) is 25.3 Å². The number of fused-ring (bicyclic) bond motifs is 1. The van der Waals surface area contributed by atoms with Crippen LogP contribution in [0.25, 0.3) is 0 Å². The number of allylic oxidation sites excluding steroid dienone is 1. The summed E-state index contributed by atoms with van der Waals surface area (Å²) in [6.45, 7) is 27.9. The van der Waals surface area contributed by atoms with Gasteiger partial charge < -0.3 is 26.2 Å². The Labute approximate surface area is 264 Å². The van der Waals surface area contributed by atoms with Crippen LogP contribution < -0.4 is 21.3 Å². The molecule has 2 aliphatic rings. The highest BCUT2D eigenvalue weighted by atomic mass is 16.2. The Balaban J connectivity index is 2.30. The van der Waals surface area contributed by atoms with E-state index in [-0.39, 0.29) is 41.5 Å². The molecule has 1 aliphatic carbocycles. The van der Waals surface area contributed by atoms with Crippen molar-refractivity contribution in [1.82, 2.24) is 26.2 Å². The number of urea groups is 1. The van der Waals surface area contributed by atoms with Crippen molar-refractivity contribution < 1.29 is 24.0 Å². The molecule has 1 saturated carbocycles. The maximum atomic E-state index is 14.2. The Morgan fingerprint density at radius 2 is 1.52 bits per heavy atom. The van der Waals surface area contributed by atoms with Gasteiger partial charge in [-0.2, -0.15) is 0 Å². The van der Waals surface area contributed by atoms with E-state index in [1.807, 2.05) is 34.6 Å². The van der Waals surface area contributed by atoms with Crippen LogP contribution in [0.3, 0.4) is 0 Å². The molecule has 44 heavy (non-hydrogen) atoms. The van der Waals surface area contributed by atoms with Crippen molar-refractivity contribution in [2.24, 2.45) is 28.1 Å². The van der Waals surface area contributed by atoms with Crippen molar-refractivity contribution in [2.75, 3.05) is 13.1 Å². The number of Topliss-reactive ketones (excluding diaryl/α,β-unsaturated/α-hetero) is 1. The quantitative estimate of drug-likeness (QED) is 0.132. The summed E-state index contributed by atoms with van der Waals surface area (Å²) in [4.78, 5) is 68.6. The fraction of sp³-hybridized carbons (Fsp3) is 0.735. The lowest BCUT2D eigenvalue weighted by Crippen LogP contribution is -2.62. The molecule has 0 aromatic carbocycles. The van der Waals surface area contributed by atoms with E-state index in [4.69, 9.17) is 0 Å². The third kappa shape index (κ3) is 9.41. The summed E-state index contributed by atoms with van der Waals surface area (Å²) in [5.41, 5.74) is -1.35. The van der Waals surface area contributed by atoms with Crippen molar-refractivity contribution in [1.29, 1.82) is 0 Å². The summed E-state index contributed by atoms with van der Waals surface area (Å²) in [6, 6.07) is -3.25. The second-order valence-corrected chi connectivity index (χ2v) is 16.0. The van der Waals surface area contributed by atoms with Gasteiger partial charge in [0.2, 0.25) is 17.6 Å². The minimum Gasteiger partial charge on any atom is -0.349 e. The molecule has 0 aromatic rings. The summed E-state index contributed by atoms with van der Waals surface area (Å²) in [6.07, 6.45) is 5.12. The number of likely N-dealkylation sites (tertiary alicyclic amines) is 1. The summed E-state index contributed by atoms with van der Waals surface area (Å²) < 4.78 is 0. The van der Waals surface area contributed by atoms with Crippen LogP contribution in [-0.4, -0.2) is 71.2 Å². The second-order valence-electron chi connectivity index (χ2n) is 16.0. The molecule has 5 atom stereocenters. The highest BCUT2D eigenvalue weighted by molar-refractivity contribution is 6.38. The SMILES string of the molecule is C=CCCNC(=O)C(=O)[C@H](CCC=C)NC(=O)[C@@H]1[C@@H]2[C@H](CN1C(=O)[C@@H](NC(=O)NC(C)(C)CC(C)(C)C)C(C)(C)C)C2(C)C. The number of amides is 5. The molecule has 1 heterocycles. The first kappa shape index (κ1) is 37.0. The van der Waals surface area contributed by atoms with Gasteiger partial charge in [-0.25, -0.2) is 4.79 Å². The van der Waals surface area contributed by atoms with Gasteiger partial charge in [-0.1, -0.05) is 67.5 Å². The fourth-order valence-electron chi connectivity index (χ4n) is 6.82. The number of carbonyl (C=O) groups excluding carboxylic acids is 5. The number of ketones is 1. The van der Waals surface area contributed by atoms with Gasteiger partial charge in [0.15, 0.2) is 0 Å². The van der Waals surface area contributed by atoms with Gasteiger partial charge in [0, 0.05) is 18.6 Å². The molecule has 0 bridgehead atoms. The monoisotopic (exact) mass is 615 g/mol. The Hall–Kier alpha value is -3.17. The first-order valence-corrected chi connectivity index (χ1v) is 15.8. The van der Waals surface area contributed by atoms with Crippen molar-refractivity contribution in [3.63, 3.8) is 0 Å². The molecule has 248 valence electrons. The Kier molecular flexibility index (Phi) is 11.7. The molecule has 0 aromatic heterocycles. The van der Waals surface area contributed by atoms with E-state index in [1.54, 1.807) is 17.1 Å². The second kappa shape index (κ2) is 13.9. The largest absolute Gasteiger partial charge is 0.349 e. The lowest BCUT2D eigenvalue weighted by molar-refractivity contribution is -0.145. The van der Waals surface area contributed by atoms with E-state index in [1.165, 1.54) is 0 Å². The van der Waals surface area contributed by atoms with Gasteiger partial charge in [0.05, 0.1) is 6.04 Å². The molecule has 0 spiro atoms. The normalized spacial score (nSPS) is 22.1. The highest BCUT2D eigenvalue weighted by Crippen LogP contribution is 2.65. The Bertz CT molecular complexity index is 1130. The maximum Gasteiger partial charge on any atom is 0.315 e. The molecular formula is C34H57N5O5. The molecule has 10 nitrogen and oxygen atoms in total. The number of piperidine rings is 1. The predicted octanol–water partition coefficient (Wildman–Crippen LogP) is 4.11. The number of nitrogens with zero attached hydrogens (tertiary/aromatic N) is 1. The molecule has 0 unspecified atom stereocenters. The van der Waals surface area contributed by atoms with E-state index in [0.717, 1.165) is 6.42 Å². The zero-order chi connectivity index (χ0) is 33.8. The zero-order valence-corrected chi connectivity index (χ0v) is 28.7. The van der Waals surface area contributed by atoms with Crippen molar-refractivity contribution in [3.8, 4) is 0 Å². The van der Waals surface area contributed by atoms with E-state index in [9.17, 15) is 24.0 Å². The predicted molar refractivity (Wildman–Crippen MR) is 174 cm³/mol. The van der Waals surface area contributed by atoms with Gasteiger partial charge in [0.25, 0.3) is 5.91 Å².